The number of benzene rings is 2. The molecule has 1 aromatic heterocycles. The second-order valence-electron chi connectivity index (χ2n) is 8.49. The van der Waals surface area contributed by atoms with E-state index in [1.54, 1.807) is 19.4 Å². The first-order chi connectivity index (χ1) is 18.2. The summed E-state index contributed by atoms with van der Waals surface area (Å²) >= 11 is 0. The van der Waals surface area contributed by atoms with E-state index in [1.165, 1.54) is 12.1 Å². The predicted molar refractivity (Wildman–Crippen MR) is 133 cm³/mol. The number of alkyl halides is 3. The monoisotopic (exact) mass is 532 g/mol. The molecule has 1 aliphatic heterocycles. The number of hydrogen-bond acceptors (Lipinski definition) is 7. The third kappa shape index (κ3) is 7.19. The Bertz CT molecular complexity index is 1190. The van der Waals surface area contributed by atoms with Crippen molar-refractivity contribution in [2.45, 2.75) is 12.4 Å². The summed E-state index contributed by atoms with van der Waals surface area (Å²) in [5.41, 5.74) is 1.24. The maximum absolute atomic E-state index is 12.5. The van der Waals surface area contributed by atoms with Crippen molar-refractivity contribution >= 4 is 23.2 Å². The Balaban J connectivity index is 1.31. The highest BCUT2D eigenvalue weighted by atomic mass is 19.4. The van der Waals surface area contributed by atoms with Gasteiger partial charge in [0, 0.05) is 44.1 Å². The van der Waals surface area contributed by atoms with E-state index in [1.807, 2.05) is 30.3 Å². The minimum Gasteiger partial charge on any atom is -0.497 e. The van der Waals surface area contributed by atoms with Gasteiger partial charge in [0.2, 0.25) is 0 Å². The Hall–Kier alpha value is -4.19. The van der Waals surface area contributed by atoms with E-state index in [0.717, 1.165) is 36.7 Å². The van der Waals surface area contributed by atoms with Crippen molar-refractivity contribution in [1.29, 1.82) is 0 Å². The lowest BCUT2D eigenvalue weighted by Gasteiger charge is -2.39. The molecule has 2 N–H and O–H groups in total. The molecule has 38 heavy (non-hydrogen) atoms. The van der Waals surface area contributed by atoms with Gasteiger partial charge in [-0.3, -0.25) is 14.5 Å². The summed E-state index contributed by atoms with van der Waals surface area (Å²) in [6.45, 7) is 3.04. The number of amides is 2. The first-order valence-electron chi connectivity index (χ1n) is 11.8. The molecule has 1 saturated heterocycles. The topological polar surface area (TPSA) is 96.3 Å². The Morgan fingerprint density at radius 3 is 2.18 bits per heavy atom. The molecule has 0 spiro atoms. The lowest BCUT2D eigenvalue weighted by molar-refractivity contribution is -0.274. The average Bonchev–Trinajstić information content (AvgIpc) is 3.44. The number of nitrogens with zero attached hydrogens (tertiary/aromatic N) is 2. The highest BCUT2D eigenvalue weighted by molar-refractivity contribution is 6.39. The van der Waals surface area contributed by atoms with Crippen LogP contribution in [0.5, 0.6) is 11.5 Å². The van der Waals surface area contributed by atoms with E-state index in [9.17, 15) is 22.8 Å². The SMILES string of the molecule is COc1ccc(N2CCN(C(CNC(=O)C(=O)Nc3ccc(OC(F)(F)F)cc3)c3ccco3)CC2)cc1. The van der Waals surface area contributed by atoms with Gasteiger partial charge in [0.25, 0.3) is 0 Å². The van der Waals surface area contributed by atoms with Crippen LogP contribution in [-0.4, -0.2) is 62.9 Å². The van der Waals surface area contributed by atoms with Crippen molar-refractivity contribution < 1.29 is 36.7 Å². The molecule has 0 radical (unpaired) electrons. The Kier molecular flexibility index (Phi) is 8.41. The summed E-state index contributed by atoms with van der Waals surface area (Å²) < 4.78 is 51.5. The summed E-state index contributed by atoms with van der Waals surface area (Å²) in [6, 6.07) is 15.6. The summed E-state index contributed by atoms with van der Waals surface area (Å²) in [5, 5.41) is 4.99. The average molecular weight is 533 g/mol. The number of methoxy groups -OCH3 is 1. The van der Waals surface area contributed by atoms with Crippen molar-refractivity contribution in [1.82, 2.24) is 10.2 Å². The van der Waals surface area contributed by atoms with E-state index in [2.05, 4.69) is 25.2 Å². The van der Waals surface area contributed by atoms with Crippen LogP contribution < -0.4 is 25.0 Å². The van der Waals surface area contributed by atoms with Gasteiger partial charge in [0.05, 0.1) is 19.4 Å². The number of hydrogen-bond donors (Lipinski definition) is 2. The lowest BCUT2D eigenvalue weighted by Crippen LogP contribution is -2.50. The quantitative estimate of drug-likeness (QED) is 0.426. The van der Waals surface area contributed by atoms with Crippen LogP contribution in [0.1, 0.15) is 11.8 Å². The van der Waals surface area contributed by atoms with Gasteiger partial charge in [-0.1, -0.05) is 0 Å². The van der Waals surface area contributed by atoms with Crippen molar-refractivity contribution in [3.63, 3.8) is 0 Å². The van der Waals surface area contributed by atoms with Crippen molar-refractivity contribution in [2.75, 3.05) is 50.1 Å². The van der Waals surface area contributed by atoms with Gasteiger partial charge in [-0.25, -0.2) is 0 Å². The molecule has 4 rings (SSSR count). The van der Waals surface area contributed by atoms with Crippen molar-refractivity contribution in [2.24, 2.45) is 0 Å². The molecule has 3 aromatic rings. The molecular weight excluding hydrogens is 505 g/mol. The van der Waals surface area contributed by atoms with Crippen LogP contribution in [0.25, 0.3) is 0 Å². The normalized spacial score (nSPS) is 15.0. The number of nitrogens with one attached hydrogen (secondary N) is 2. The van der Waals surface area contributed by atoms with E-state index in [-0.39, 0.29) is 18.3 Å². The van der Waals surface area contributed by atoms with Crippen LogP contribution in [0.15, 0.2) is 71.3 Å². The van der Waals surface area contributed by atoms with Gasteiger partial charge >= 0.3 is 18.2 Å². The van der Waals surface area contributed by atoms with Gasteiger partial charge in [-0.05, 0) is 60.7 Å². The molecule has 2 amide bonds. The van der Waals surface area contributed by atoms with Crippen LogP contribution in [0, 0.1) is 0 Å². The fraction of sp³-hybridized carbons (Fsp3) is 0.308. The second kappa shape index (κ2) is 11.9. The second-order valence-corrected chi connectivity index (χ2v) is 8.49. The van der Waals surface area contributed by atoms with E-state index in [4.69, 9.17) is 9.15 Å². The number of ether oxygens (including phenoxy) is 2. The molecule has 2 heterocycles. The smallest absolute Gasteiger partial charge is 0.497 e. The zero-order chi connectivity index (χ0) is 27.1. The van der Waals surface area contributed by atoms with E-state index < -0.39 is 23.9 Å². The van der Waals surface area contributed by atoms with E-state index >= 15 is 0 Å². The number of carbonyl (C=O) groups is 2. The summed E-state index contributed by atoms with van der Waals surface area (Å²) in [5.74, 6) is -0.819. The Morgan fingerprint density at radius 1 is 0.947 bits per heavy atom. The molecule has 1 atom stereocenters. The minimum atomic E-state index is -4.82. The molecule has 2 aromatic carbocycles. The third-order valence-corrected chi connectivity index (χ3v) is 6.07. The maximum Gasteiger partial charge on any atom is 0.573 e. The number of anilines is 2. The van der Waals surface area contributed by atoms with Crippen molar-refractivity contribution in [3.05, 3.63) is 72.7 Å². The van der Waals surface area contributed by atoms with Crippen LogP contribution in [0.3, 0.4) is 0 Å². The number of carbonyl (C=O) groups excluding carboxylic acids is 2. The molecule has 0 aliphatic carbocycles. The number of furan rings is 1. The zero-order valence-electron chi connectivity index (χ0n) is 20.5. The molecule has 202 valence electrons. The molecule has 1 unspecified atom stereocenters. The van der Waals surface area contributed by atoms with Gasteiger partial charge in [0.1, 0.15) is 17.3 Å². The predicted octanol–water partition coefficient (Wildman–Crippen LogP) is 3.81. The highest BCUT2D eigenvalue weighted by Crippen LogP contribution is 2.26. The van der Waals surface area contributed by atoms with E-state index in [0.29, 0.717) is 18.8 Å². The van der Waals surface area contributed by atoms with Gasteiger partial charge < -0.3 is 29.4 Å². The zero-order valence-corrected chi connectivity index (χ0v) is 20.5. The first kappa shape index (κ1) is 26.9. The highest BCUT2D eigenvalue weighted by Gasteiger charge is 2.31. The Morgan fingerprint density at radius 2 is 1.61 bits per heavy atom. The molecule has 1 fully saturated rings. The molecule has 12 heteroatoms. The van der Waals surface area contributed by atoms with Gasteiger partial charge in [-0.15, -0.1) is 13.2 Å². The van der Waals surface area contributed by atoms with Crippen LogP contribution in [0.4, 0.5) is 24.5 Å². The molecule has 0 bridgehead atoms. The Labute approximate surface area is 217 Å². The van der Waals surface area contributed by atoms with Crippen LogP contribution >= 0.6 is 0 Å². The van der Waals surface area contributed by atoms with Crippen molar-refractivity contribution in [3.8, 4) is 11.5 Å². The molecule has 1 aliphatic rings. The van der Waals surface area contributed by atoms with Crippen LogP contribution in [0.2, 0.25) is 0 Å². The summed E-state index contributed by atoms with van der Waals surface area (Å²) in [7, 11) is 1.62. The largest absolute Gasteiger partial charge is 0.573 e. The third-order valence-electron chi connectivity index (χ3n) is 6.07. The maximum atomic E-state index is 12.5. The molecule has 9 nitrogen and oxygen atoms in total. The standard InChI is InChI=1S/C26H27F3N4O5/c1-36-20-10-6-19(7-11-20)32-12-14-33(15-13-32)22(23-3-2-16-37-23)17-30-24(34)25(35)31-18-4-8-21(9-5-18)38-26(27,28)29/h2-11,16,22H,12-15,17H2,1H3,(H,30,34)(H,31,35). The number of halogens is 3. The minimum absolute atomic E-state index is 0.126. The molecule has 0 saturated carbocycles. The number of piperazine rings is 1. The fourth-order valence-corrected chi connectivity index (χ4v) is 4.17. The summed E-state index contributed by atoms with van der Waals surface area (Å²) in [4.78, 5) is 29.3. The van der Waals surface area contributed by atoms with Crippen LogP contribution in [-0.2, 0) is 9.59 Å². The fourth-order valence-electron chi connectivity index (χ4n) is 4.17. The first-order valence-corrected chi connectivity index (χ1v) is 11.8. The number of rotatable bonds is 8. The summed E-state index contributed by atoms with van der Waals surface area (Å²) in [6.07, 6.45) is -3.27. The lowest BCUT2D eigenvalue weighted by atomic mass is 10.1. The molecular formula is C26H27F3N4O5. The van der Waals surface area contributed by atoms with Gasteiger partial charge in [0.15, 0.2) is 0 Å². The van der Waals surface area contributed by atoms with Gasteiger partial charge in [-0.2, -0.15) is 0 Å².